The van der Waals surface area contributed by atoms with Crippen LogP contribution in [0.4, 0.5) is 20.2 Å². The fourth-order valence-corrected chi connectivity index (χ4v) is 3.19. The fourth-order valence-electron chi connectivity index (χ4n) is 3.19. The summed E-state index contributed by atoms with van der Waals surface area (Å²) < 4.78 is 39.3. The maximum Gasteiger partial charge on any atom is 0.275 e. The number of hydrogen-bond donors (Lipinski definition) is 0. The zero-order chi connectivity index (χ0) is 17.1. The number of benzene rings is 1. The highest BCUT2D eigenvalue weighted by atomic mass is 19.1. The van der Waals surface area contributed by atoms with Crippen LogP contribution in [0.5, 0.6) is 0 Å². The molecule has 3 rings (SSSR count). The maximum atomic E-state index is 14.1. The van der Waals surface area contributed by atoms with Crippen LogP contribution in [0.1, 0.15) is 19.3 Å². The van der Waals surface area contributed by atoms with Gasteiger partial charge in [-0.2, -0.15) is 0 Å². The van der Waals surface area contributed by atoms with Gasteiger partial charge >= 0.3 is 0 Å². The highest BCUT2D eigenvalue weighted by Crippen LogP contribution is 2.30. The molecule has 2 saturated heterocycles. The molecule has 2 fully saturated rings. The van der Waals surface area contributed by atoms with Crippen molar-refractivity contribution in [3.05, 3.63) is 33.9 Å². The van der Waals surface area contributed by atoms with Crippen molar-refractivity contribution in [3.63, 3.8) is 0 Å². The van der Waals surface area contributed by atoms with Crippen molar-refractivity contribution < 1.29 is 23.2 Å². The Morgan fingerprint density at radius 3 is 2.46 bits per heavy atom. The Kier molecular flexibility index (Phi) is 5.25. The average Bonchev–Trinajstić information content (AvgIpc) is 3.07. The monoisotopic (exact) mass is 342 g/mol. The average molecular weight is 342 g/mol. The second-order valence-corrected chi connectivity index (χ2v) is 6.26. The van der Waals surface area contributed by atoms with Gasteiger partial charge in [0.1, 0.15) is 5.69 Å². The molecule has 2 aliphatic heterocycles. The van der Waals surface area contributed by atoms with Crippen LogP contribution in [0.2, 0.25) is 0 Å². The Labute approximate surface area is 138 Å². The largest absolute Gasteiger partial charge is 0.381 e. The van der Waals surface area contributed by atoms with Gasteiger partial charge < -0.3 is 14.4 Å². The minimum atomic E-state index is -0.899. The van der Waals surface area contributed by atoms with E-state index in [1.807, 2.05) is 0 Å². The van der Waals surface area contributed by atoms with E-state index in [4.69, 9.17) is 9.47 Å². The first-order chi connectivity index (χ1) is 11.5. The molecule has 2 heterocycles. The zero-order valence-corrected chi connectivity index (χ0v) is 13.2. The quantitative estimate of drug-likeness (QED) is 0.608. The van der Waals surface area contributed by atoms with Gasteiger partial charge in [0.15, 0.2) is 11.6 Å². The molecule has 6 nitrogen and oxygen atoms in total. The van der Waals surface area contributed by atoms with Crippen molar-refractivity contribution in [1.82, 2.24) is 0 Å². The lowest BCUT2D eigenvalue weighted by molar-refractivity contribution is -0.385. The van der Waals surface area contributed by atoms with E-state index in [9.17, 15) is 18.9 Å². The number of nitro groups is 1. The summed E-state index contributed by atoms with van der Waals surface area (Å²) in [5.41, 5.74) is -0.769. The summed E-state index contributed by atoms with van der Waals surface area (Å²) in [6, 6.07) is 1.53. The SMILES string of the molecule is O=[N+]([O-])c1cc(F)c(N2CCC(OCC3CCOC3)CC2)c(F)c1. The van der Waals surface area contributed by atoms with Crippen molar-refractivity contribution in [2.45, 2.75) is 25.4 Å². The van der Waals surface area contributed by atoms with Crippen LogP contribution in [-0.4, -0.2) is 43.9 Å². The minimum absolute atomic E-state index is 0.0750. The molecule has 0 N–H and O–H groups in total. The van der Waals surface area contributed by atoms with Crippen molar-refractivity contribution in [2.75, 3.05) is 37.8 Å². The molecule has 8 heteroatoms. The summed E-state index contributed by atoms with van der Waals surface area (Å²) in [7, 11) is 0. The van der Waals surface area contributed by atoms with Gasteiger partial charge in [0, 0.05) is 25.6 Å². The van der Waals surface area contributed by atoms with Gasteiger partial charge in [-0.1, -0.05) is 0 Å². The Balaban J connectivity index is 1.57. The number of rotatable bonds is 5. The van der Waals surface area contributed by atoms with Gasteiger partial charge in [-0.3, -0.25) is 10.1 Å². The molecule has 0 bridgehead atoms. The molecule has 0 spiro atoms. The number of hydrogen-bond acceptors (Lipinski definition) is 5. The van der Waals surface area contributed by atoms with E-state index in [1.54, 1.807) is 4.90 Å². The minimum Gasteiger partial charge on any atom is -0.381 e. The first-order valence-corrected chi connectivity index (χ1v) is 8.12. The molecule has 132 valence electrons. The van der Waals surface area contributed by atoms with E-state index in [2.05, 4.69) is 0 Å². The number of anilines is 1. The molecule has 0 aromatic heterocycles. The second-order valence-electron chi connectivity index (χ2n) is 6.26. The zero-order valence-electron chi connectivity index (χ0n) is 13.2. The van der Waals surface area contributed by atoms with E-state index in [-0.39, 0.29) is 11.8 Å². The maximum absolute atomic E-state index is 14.1. The lowest BCUT2D eigenvalue weighted by Gasteiger charge is -2.34. The number of nitro benzene ring substituents is 1. The molecular weight excluding hydrogens is 322 g/mol. The van der Waals surface area contributed by atoms with E-state index in [0.717, 1.165) is 31.8 Å². The summed E-state index contributed by atoms with van der Waals surface area (Å²) in [6.07, 6.45) is 2.43. The number of nitrogens with zero attached hydrogens (tertiary/aromatic N) is 2. The second kappa shape index (κ2) is 7.40. The number of piperidine rings is 1. The lowest BCUT2D eigenvalue weighted by atomic mass is 10.1. The number of non-ortho nitro benzene ring substituents is 1. The Bertz CT molecular complexity index is 577. The van der Waals surface area contributed by atoms with Crippen molar-refractivity contribution in [2.24, 2.45) is 5.92 Å². The van der Waals surface area contributed by atoms with E-state index in [1.165, 1.54) is 0 Å². The van der Waals surface area contributed by atoms with Crippen LogP contribution in [0.15, 0.2) is 12.1 Å². The highest BCUT2D eigenvalue weighted by molar-refractivity contribution is 5.54. The van der Waals surface area contributed by atoms with Crippen LogP contribution in [-0.2, 0) is 9.47 Å². The van der Waals surface area contributed by atoms with Gasteiger partial charge in [0.05, 0.1) is 36.4 Å². The predicted molar refractivity (Wildman–Crippen MR) is 83.1 cm³/mol. The van der Waals surface area contributed by atoms with E-state index < -0.39 is 22.2 Å². The normalized spacial score (nSPS) is 22.1. The molecule has 2 aliphatic rings. The Morgan fingerprint density at radius 1 is 1.25 bits per heavy atom. The third-order valence-electron chi connectivity index (χ3n) is 4.56. The molecule has 1 unspecified atom stereocenters. The van der Waals surface area contributed by atoms with E-state index >= 15 is 0 Å². The van der Waals surface area contributed by atoms with Crippen LogP contribution in [0.25, 0.3) is 0 Å². The molecule has 0 amide bonds. The van der Waals surface area contributed by atoms with Crippen LogP contribution in [0.3, 0.4) is 0 Å². The summed E-state index contributed by atoms with van der Waals surface area (Å²) in [4.78, 5) is 11.4. The third kappa shape index (κ3) is 3.81. The van der Waals surface area contributed by atoms with Gasteiger partial charge in [-0.15, -0.1) is 0 Å². The molecule has 1 aromatic carbocycles. The van der Waals surface area contributed by atoms with Crippen LogP contribution < -0.4 is 4.90 Å². The smallest absolute Gasteiger partial charge is 0.275 e. The molecule has 1 atom stereocenters. The van der Waals surface area contributed by atoms with Gasteiger partial charge in [0.25, 0.3) is 5.69 Å². The first kappa shape index (κ1) is 17.0. The summed E-state index contributed by atoms with van der Waals surface area (Å²) in [5.74, 6) is -1.36. The standard InChI is InChI=1S/C16H20F2N2O4/c17-14-7-12(20(21)22)8-15(18)16(14)19-4-1-13(2-5-19)24-10-11-3-6-23-9-11/h7-8,11,13H,1-6,9-10H2. The van der Waals surface area contributed by atoms with E-state index in [0.29, 0.717) is 38.5 Å². The molecule has 0 aliphatic carbocycles. The molecule has 24 heavy (non-hydrogen) atoms. The Morgan fingerprint density at radius 2 is 1.92 bits per heavy atom. The predicted octanol–water partition coefficient (Wildman–Crippen LogP) is 2.89. The highest BCUT2D eigenvalue weighted by Gasteiger charge is 2.27. The fraction of sp³-hybridized carbons (Fsp3) is 0.625. The summed E-state index contributed by atoms with van der Waals surface area (Å²) in [5, 5.41) is 10.7. The van der Waals surface area contributed by atoms with Crippen molar-refractivity contribution in [3.8, 4) is 0 Å². The Hall–Kier alpha value is -1.80. The van der Waals surface area contributed by atoms with Gasteiger partial charge in [-0.05, 0) is 19.3 Å². The summed E-state index contributed by atoms with van der Waals surface area (Å²) in [6.45, 7) is 3.09. The number of halogens is 2. The molecule has 1 aromatic rings. The topological polar surface area (TPSA) is 64.8 Å². The summed E-state index contributed by atoms with van der Waals surface area (Å²) >= 11 is 0. The van der Waals surface area contributed by atoms with Crippen LogP contribution in [0, 0.1) is 27.7 Å². The van der Waals surface area contributed by atoms with Crippen molar-refractivity contribution in [1.29, 1.82) is 0 Å². The third-order valence-corrected chi connectivity index (χ3v) is 4.56. The molecular formula is C16H20F2N2O4. The van der Waals surface area contributed by atoms with Crippen LogP contribution >= 0.6 is 0 Å². The first-order valence-electron chi connectivity index (χ1n) is 8.12. The van der Waals surface area contributed by atoms with Crippen molar-refractivity contribution >= 4 is 11.4 Å². The molecule has 0 saturated carbocycles. The van der Waals surface area contributed by atoms with Gasteiger partial charge in [-0.25, -0.2) is 8.78 Å². The number of ether oxygens (including phenoxy) is 2. The van der Waals surface area contributed by atoms with Gasteiger partial charge in [0.2, 0.25) is 0 Å². The molecule has 0 radical (unpaired) electrons. The lowest BCUT2D eigenvalue weighted by Crippen LogP contribution is -2.38.